The van der Waals surface area contributed by atoms with E-state index in [1.165, 1.54) is 0 Å². The van der Waals surface area contributed by atoms with Crippen LogP contribution in [0.4, 0.5) is 0 Å². The molecule has 0 spiro atoms. The molecule has 0 amide bonds. The van der Waals surface area contributed by atoms with Crippen LogP contribution in [0.25, 0.3) is 0 Å². The van der Waals surface area contributed by atoms with Gasteiger partial charge in [0.25, 0.3) is 0 Å². The Morgan fingerprint density at radius 2 is 1.35 bits per heavy atom. The third-order valence-electron chi connectivity index (χ3n) is 2.60. The van der Waals surface area contributed by atoms with Crippen molar-refractivity contribution in [3.05, 3.63) is 0 Å². The number of halogens is 1. The summed E-state index contributed by atoms with van der Waals surface area (Å²) in [6.45, 7) is 6.28. The topological polar surface area (TPSA) is 94.5 Å². The molecule has 1 atom stereocenters. The van der Waals surface area contributed by atoms with Crippen LogP contribution in [0.15, 0.2) is 0 Å². The van der Waals surface area contributed by atoms with Crippen molar-refractivity contribution in [2.24, 2.45) is 0 Å². The molecule has 0 bridgehead atoms. The summed E-state index contributed by atoms with van der Waals surface area (Å²) in [5.41, 5.74) is 0. The first-order chi connectivity index (χ1) is 10.9. The predicted molar refractivity (Wildman–Crippen MR) is 98.2 cm³/mol. The monoisotopic (exact) mass is 487 g/mol. The maximum absolute atomic E-state index is 12.7. The van der Waals surface area contributed by atoms with E-state index in [4.69, 9.17) is 23.2 Å². The summed E-state index contributed by atoms with van der Waals surface area (Å²) in [6.07, 6.45) is 0.374. The first-order valence-electron chi connectivity index (χ1n) is 7.54. The third kappa shape index (κ3) is 10.5. The van der Waals surface area contributed by atoms with Gasteiger partial charge < -0.3 is 18.7 Å². The second-order valence-corrected chi connectivity index (χ2v) is 9.13. The smallest absolute Gasteiger partial charge is 0.345 e. The number of aliphatic hydroxyl groups is 1. The fraction of sp³-hybridized carbons (Fsp3) is 1.00. The highest BCUT2D eigenvalue weighted by molar-refractivity contribution is 14.1. The van der Waals surface area contributed by atoms with E-state index in [0.29, 0.717) is 13.0 Å². The van der Waals surface area contributed by atoms with Crippen molar-refractivity contribution in [1.29, 1.82) is 0 Å². The average Bonchev–Trinajstić information content (AvgIpc) is 2.45. The lowest BCUT2D eigenvalue weighted by Crippen LogP contribution is -2.29. The molecule has 0 aliphatic heterocycles. The van der Waals surface area contributed by atoms with Crippen molar-refractivity contribution < 1.29 is 32.3 Å². The van der Waals surface area contributed by atoms with Crippen LogP contribution in [0.2, 0.25) is 0 Å². The molecule has 8 nitrogen and oxygen atoms in total. The van der Waals surface area contributed by atoms with Gasteiger partial charge in [0.1, 0.15) is 17.2 Å². The molecule has 0 aromatic carbocycles. The van der Waals surface area contributed by atoms with Gasteiger partial charge in [0.05, 0.1) is 19.8 Å². The molecule has 11 heteroatoms. The average molecular weight is 487 g/mol. The van der Waals surface area contributed by atoms with Gasteiger partial charge in [0.2, 0.25) is 0 Å². The molecule has 0 saturated heterocycles. The van der Waals surface area contributed by atoms with Gasteiger partial charge >= 0.3 is 15.2 Å². The summed E-state index contributed by atoms with van der Waals surface area (Å²) in [6, 6.07) is 0. The number of rotatable bonds is 15. The first-order valence-corrected chi connectivity index (χ1v) is 12.5. The summed E-state index contributed by atoms with van der Waals surface area (Å²) in [7, 11) is -6.66. The molecule has 0 radical (unpaired) electrons. The van der Waals surface area contributed by atoms with E-state index in [-0.39, 0.29) is 43.6 Å². The summed E-state index contributed by atoms with van der Waals surface area (Å²) >= 11 is 1.95. The fourth-order valence-electron chi connectivity index (χ4n) is 1.87. The van der Waals surface area contributed by atoms with Crippen LogP contribution in [-0.4, -0.2) is 60.2 Å². The lowest BCUT2D eigenvalue weighted by molar-refractivity contribution is 0.183. The first kappa shape index (κ1) is 23.9. The molecule has 0 heterocycles. The van der Waals surface area contributed by atoms with Gasteiger partial charge in [-0.2, -0.15) is 0 Å². The molecule has 0 aromatic rings. The Morgan fingerprint density at radius 1 is 0.913 bits per heavy atom. The minimum atomic E-state index is -3.34. The van der Waals surface area contributed by atoms with Crippen LogP contribution in [0.1, 0.15) is 27.2 Å². The lowest BCUT2D eigenvalue weighted by atomic mass is 10.4. The second kappa shape index (κ2) is 13.2. The van der Waals surface area contributed by atoms with Gasteiger partial charge in [0.15, 0.2) is 0 Å². The summed E-state index contributed by atoms with van der Waals surface area (Å²) in [5, 5.41) is 9.03. The van der Waals surface area contributed by atoms with Crippen molar-refractivity contribution in [1.82, 2.24) is 4.90 Å². The number of hydrogen-bond acceptors (Lipinski definition) is 8. The quantitative estimate of drug-likeness (QED) is 0.213. The van der Waals surface area contributed by atoms with Crippen LogP contribution in [0.3, 0.4) is 0 Å². The molecule has 0 aliphatic carbocycles. The highest BCUT2D eigenvalue weighted by atomic mass is 127. The lowest BCUT2D eigenvalue weighted by Gasteiger charge is -2.29. The molecule has 0 fully saturated rings. The van der Waals surface area contributed by atoms with Gasteiger partial charge in [-0.3, -0.25) is 18.6 Å². The maximum Gasteiger partial charge on any atom is 0.345 e. The van der Waals surface area contributed by atoms with Crippen LogP contribution in [0, 0.1) is 0 Å². The Labute approximate surface area is 152 Å². The SMILES string of the molecule is CCOP(=O)(CN(CCCO)CP(=O)(OCC)OCI)OCC. The molecule has 1 unspecified atom stereocenters. The van der Waals surface area contributed by atoms with Crippen LogP contribution < -0.4 is 0 Å². The Hall–Kier alpha value is 0.950. The van der Waals surface area contributed by atoms with Gasteiger partial charge in [0, 0.05) is 13.2 Å². The molecule has 0 aromatic heterocycles. The maximum atomic E-state index is 12.7. The van der Waals surface area contributed by atoms with Crippen molar-refractivity contribution in [2.45, 2.75) is 27.2 Å². The van der Waals surface area contributed by atoms with Gasteiger partial charge in [-0.05, 0) is 27.2 Å². The number of alkyl halides is 1. The van der Waals surface area contributed by atoms with E-state index >= 15 is 0 Å². The Kier molecular flexibility index (Phi) is 13.7. The molecule has 0 aliphatic rings. The Balaban J connectivity index is 5.09. The molecule has 140 valence electrons. The van der Waals surface area contributed by atoms with E-state index < -0.39 is 15.2 Å². The molecule has 1 N–H and O–H groups in total. The van der Waals surface area contributed by atoms with Crippen LogP contribution in [0.5, 0.6) is 0 Å². The van der Waals surface area contributed by atoms with Crippen LogP contribution >= 0.6 is 37.8 Å². The van der Waals surface area contributed by atoms with Crippen molar-refractivity contribution in [3.8, 4) is 0 Å². The predicted octanol–water partition coefficient (Wildman–Crippen LogP) is 3.49. The van der Waals surface area contributed by atoms with E-state index in [0.717, 1.165) is 0 Å². The van der Waals surface area contributed by atoms with E-state index in [2.05, 4.69) is 0 Å². The van der Waals surface area contributed by atoms with Gasteiger partial charge in [-0.25, -0.2) is 0 Å². The largest absolute Gasteiger partial charge is 0.396 e. The minimum Gasteiger partial charge on any atom is -0.396 e. The molecule has 0 rings (SSSR count). The Morgan fingerprint density at radius 3 is 1.70 bits per heavy atom. The zero-order valence-corrected chi connectivity index (χ0v) is 17.9. The summed E-state index contributed by atoms with van der Waals surface area (Å²) in [5.74, 6) is 0. The fourth-order valence-corrected chi connectivity index (χ4v) is 6.57. The molecule has 0 saturated carbocycles. The highest BCUT2D eigenvalue weighted by Crippen LogP contribution is 2.53. The standard InChI is InChI=1S/C12H28INO7P2/c1-4-18-22(16,19-5-2)11-14(8-7-9-15)12-23(17,20-6-3)21-10-13/h15H,4-12H2,1-3H3. The molecular formula is C12H28INO7P2. The zero-order chi connectivity index (χ0) is 17.8. The van der Waals surface area contributed by atoms with Crippen molar-refractivity contribution >= 4 is 37.8 Å². The summed E-state index contributed by atoms with van der Waals surface area (Å²) < 4.78 is 46.6. The van der Waals surface area contributed by atoms with E-state index in [9.17, 15) is 9.13 Å². The van der Waals surface area contributed by atoms with Crippen molar-refractivity contribution in [2.75, 3.05) is 50.2 Å². The van der Waals surface area contributed by atoms with E-state index in [1.807, 2.05) is 22.6 Å². The van der Waals surface area contributed by atoms with Gasteiger partial charge in [-0.1, -0.05) is 22.6 Å². The Bertz CT molecular complexity index is 348. The summed E-state index contributed by atoms with van der Waals surface area (Å²) in [4.78, 5) is 1.64. The zero-order valence-electron chi connectivity index (χ0n) is 14.0. The van der Waals surface area contributed by atoms with Crippen molar-refractivity contribution in [3.63, 3.8) is 0 Å². The molecular weight excluding hydrogens is 459 g/mol. The second-order valence-electron chi connectivity index (χ2n) is 4.47. The van der Waals surface area contributed by atoms with E-state index in [1.54, 1.807) is 25.7 Å². The number of aliphatic hydroxyl groups excluding tert-OH is 1. The van der Waals surface area contributed by atoms with Gasteiger partial charge in [-0.15, -0.1) is 0 Å². The molecule has 23 heavy (non-hydrogen) atoms. The minimum absolute atomic E-state index is 0.0314. The number of nitrogens with zero attached hydrogens (tertiary/aromatic N) is 1. The highest BCUT2D eigenvalue weighted by Gasteiger charge is 2.33. The normalized spacial score (nSPS) is 15.0. The number of hydrogen-bond donors (Lipinski definition) is 1. The van der Waals surface area contributed by atoms with Crippen LogP contribution in [-0.2, 0) is 27.2 Å². The third-order valence-corrected chi connectivity index (χ3v) is 7.38.